The van der Waals surface area contributed by atoms with E-state index in [9.17, 15) is 8.78 Å². The van der Waals surface area contributed by atoms with Gasteiger partial charge in [0.2, 0.25) is 5.92 Å². The minimum atomic E-state index is -2.48. The Morgan fingerprint density at radius 3 is 2.69 bits per heavy atom. The third kappa shape index (κ3) is 1.95. The summed E-state index contributed by atoms with van der Waals surface area (Å²) < 4.78 is 25.7. The largest absolute Gasteiger partial charge is 0.395 e. The summed E-state index contributed by atoms with van der Waals surface area (Å²) in [6.45, 7) is 0.628. The average Bonchev–Trinajstić information content (AvgIpc) is 2.42. The Labute approximate surface area is 82.1 Å². The van der Waals surface area contributed by atoms with Crippen molar-refractivity contribution in [3.63, 3.8) is 0 Å². The molecule has 0 bridgehead atoms. The van der Waals surface area contributed by atoms with Gasteiger partial charge < -0.3 is 10.4 Å². The molecule has 3 atom stereocenters. The Hall–Kier alpha value is 0.0700. The Balaban J connectivity index is 0.000000845. The van der Waals surface area contributed by atoms with Crippen LogP contribution in [0.4, 0.5) is 8.78 Å². The van der Waals surface area contributed by atoms with Gasteiger partial charge in [0, 0.05) is 18.9 Å². The van der Waals surface area contributed by atoms with E-state index in [1.54, 1.807) is 0 Å². The predicted octanol–water partition coefficient (Wildman–Crippen LogP) is 1.03. The molecule has 0 aromatic heterocycles. The number of halogens is 3. The summed E-state index contributed by atoms with van der Waals surface area (Å²) in [6, 6.07) is -0.0941. The first kappa shape index (κ1) is 11.1. The standard InChI is InChI=1S/C8H13F2NO.ClH/c9-8(10)1-5-3-11-7(4-12)6(5)2-8;/h5-7,11-12H,1-4H2;1H/t5?,6-,7+;/m0./s1. The van der Waals surface area contributed by atoms with Crippen molar-refractivity contribution in [2.24, 2.45) is 11.8 Å². The summed E-state index contributed by atoms with van der Waals surface area (Å²) >= 11 is 0. The zero-order valence-electron chi connectivity index (χ0n) is 7.17. The average molecular weight is 214 g/mol. The molecule has 0 aromatic carbocycles. The van der Waals surface area contributed by atoms with Gasteiger partial charge in [-0.05, 0) is 18.4 Å². The fraction of sp³-hybridized carbons (Fsp3) is 1.00. The molecular weight excluding hydrogens is 200 g/mol. The summed E-state index contributed by atoms with van der Waals surface area (Å²) in [5, 5.41) is 11.9. The first-order valence-electron chi connectivity index (χ1n) is 4.34. The van der Waals surface area contributed by atoms with Crippen LogP contribution in [0.2, 0.25) is 0 Å². The second kappa shape index (κ2) is 3.67. The second-order valence-corrected chi connectivity index (χ2v) is 3.89. The number of fused-ring (bicyclic) bond motifs is 1. The Morgan fingerprint density at radius 2 is 2.08 bits per heavy atom. The van der Waals surface area contributed by atoms with E-state index in [2.05, 4.69) is 5.32 Å². The van der Waals surface area contributed by atoms with E-state index in [-0.39, 0.29) is 49.7 Å². The van der Waals surface area contributed by atoms with E-state index in [0.29, 0.717) is 6.54 Å². The van der Waals surface area contributed by atoms with Crippen LogP contribution in [0, 0.1) is 11.8 Å². The van der Waals surface area contributed by atoms with Crippen molar-refractivity contribution in [2.75, 3.05) is 13.2 Å². The van der Waals surface area contributed by atoms with Crippen molar-refractivity contribution in [1.29, 1.82) is 0 Å². The summed E-state index contributed by atoms with van der Waals surface area (Å²) in [6.07, 6.45) is -0.0446. The minimum absolute atomic E-state index is 0. The highest BCUT2D eigenvalue weighted by molar-refractivity contribution is 5.85. The van der Waals surface area contributed by atoms with Gasteiger partial charge in [-0.25, -0.2) is 8.78 Å². The molecule has 1 aliphatic carbocycles. The van der Waals surface area contributed by atoms with Gasteiger partial charge in [-0.15, -0.1) is 12.4 Å². The molecule has 78 valence electrons. The molecule has 1 heterocycles. The van der Waals surface area contributed by atoms with E-state index >= 15 is 0 Å². The lowest BCUT2D eigenvalue weighted by molar-refractivity contribution is -0.00159. The van der Waals surface area contributed by atoms with E-state index in [0.717, 1.165) is 0 Å². The molecule has 0 aromatic rings. The summed E-state index contributed by atoms with van der Waals surface area (Å²) in [5.41, 5.74) is 0. The maximum absolute atomic E-state index is 12.9. The number of alkyl halides is 2. The van der Waals surface area contributed by atoms with E-state index in [1.165, 1.54) is 0 Å². The number of nitrogens with one attached hydrogen (secondary N) is 1. The molecule has 1 saturated heterocycles. The van der Waals surface area contributed by atoms with Gasteiger partial charge in [-0.1, -0.05) is 0 Å². The number of hydrogen-bond acceptors (Lipinski definition) is 2. The van der Waals surface area contributed by atoms with Gasteiger partial charge in [-0.2, -0.15) is 0 Å². The van der Waals surface area contributed by atoms with Gasteiger partial charge in [0.1, 0.15) is 0 Å². The van der Waals surface area contributed by atoms with Crippen molar-refractivity contribution in [3.8, 4) is 0 Å². The molecule has 0 spiro atoms. The highest BCUT2D eigenvalue weighted by Crippen LogP contribution is 2.46. The van der Waals surface area contributed by atoms with Crippen LogP contribution in [0.25, 0.3) is 0 Å². The normalized spacial score (nSPS) is 41.3. The molecule has 2 rings (SSSR count). The number of hydrogen-bond donors (Lipinski definition) is 2. The molecule has 2 nitrogen and oxygen atoms in total. The number of aliphatic hydroxyl groups is 1. The molecular formula is C8H14ClF2NO. The van der Waals surface area contributed by atoms with Crippen LogP contribution in [0.3, 0.4) is 0 Å². The molecule has 13 heavy (non-hydrogen) atoms. The quantitative estimate of drug-likeness (QED) is 0.682. The number of rotatable bonds is 1. The molecule has 1 saturated carbocycles. The van der Waals surface area contributed by atoms with Crippen LogP contribution in [0.5, 0.6) is 0 Å². The molecule has 0 radical (unpaired) electrons. The fourth-order valence-corrected chi connectivity index (χ4v) is 2.48. The van der Waals surface area contributed by atoms with Crippen molar-refractivity contribution in [1.82, 2.24) is 5.32 Å². The van der Waals surface area contributed by atoms with Crippen molar-refractivity contribution < 1.29 is 13.9 Å². The SMILES string of the molecule is Cl.OC[C@H]1NCC2CC(F)(F)C[C@@H]21. The minimum Gasteiger partial charge on any atom is -0.395 e. The molecule has 2 N–H and O–H groups in total. The van der Waals surface area contributed by atoms with Crippen LogP contribution in [-0.4, -0.2) is 30.2 Å². The van der Waals surface area contributed by atoms with Crippen LogP contribution in [0.1, 0.15) is 12.8 Å². The fourth-order valence-electron chi connectivity index (χ4n) is 2.48. The lowest BCUT2D eigenvalue weighted by atomic mass is 9.95. The van der Waals surface area contributed by atoms with Crippen molar-refractivity contribution in [2.45, 2.75) is 24.8 Å². The zero-order chi connectivity index (χ0) is 8.77. The topological polar surface area (TPSA) is 32.3 Å². The van der Waals surface area contributed by atoms with Crippen molar-refractivity contribution >= 4 is 12.4 Å². The molecule has 5 heteroatoms. The first-order chi connectivity index (χ1) is 5.62. The Bertz CT molecular complexity index is 191. The molecule has 0 amide bonds. The summed E-state index contributed by atoms with van der Waals surface area (Å²) in [7, 11) is 0. The highest BCUT2D eigenvalue weighted by Gasteiger charge is 2.51. The molecule has 1 unspecified atom stereocenters. The van der Waals surface area contributed by atoms with Gasteiger partial charge in [-0.3, -0.25) is 0 Å². The maximum atomic E-state index is 12.9. The summed E-state index contributed by atoms with van der Waals surface area (Å²) in [5.74, 6) is -2.41. The van der Waals surface area contributed by atoms with E-state index in [4.69, 9.17) is 5.11 Å². The molecule has 2 fully saturated rings. The lowest BCUT2D eigenvalue weighted by Crippen LogP contribution is -2.32. The maximum Gasteiger partial charge on any atom is 0.248 e. The third-order valence-electron chi connectivity index (χ3n) is 3.06. The zero-order valence-corrected chi connectivity index (χ0v) is 7.99. The smallest absolute Gasteiger partial charge is 0.248 e. The third-order valence-corrected chi connectivity index (χ3v) is 3.06. The Kier molecular flexibility index (Phi) is 3.15. The van der Waals surface area contributed by atoms with Gasteiger partial charge >= 0.3 is 0 Å². The Morgan fingerprint density at radius 1 is 1.38 bits per heavy atom. The van der Waals surface area contributed by atoms with Crippen LogP contribution < -0.4 is 5.32 Å². The highest BCUT2D eigenvalue weighted by atomic mass is 35.5. The molecule has 2 aliphatic rings. The lowest BCUT2D eigenvalue weighted by Gasteiger charge is -2.15. The van der Waals surface area contributed by atoms with Gasteiger partial charge in [0.25, 0.3) is 0 Å². The second-order valence-electron chi connectivity index (χ2n) is 3.89. The molecule has 1 aliphatic heterocycles. The van der Waals surface area contributed by atoms with E-state index in [1.807, 2.05) is 0 Å². The van der Waals surface area contributed by atoms with Crippen LogP contribution >= 0.6 is 12.4 Å². The summed E-state index contributed by atoms with van der Waals surface area (Å²) in [4.78, 5) is 0. The first-order valence-corrected chi connectivity index (χ1v) is 4.34. The van der Waals surface area contributed by atoms with E-state index < -0.39 is 5.92 Å². The van der Waals surface area contributed by atoms with Crippen LogP contribution in [-0.2, 0) is 0 Å². The predicted molar refractivity (Wildman–Crippen MR) is 47.3 cm³/mol. The van der Waals surface area contributed by atoms with Gasteiger partial charge in [0.05, 0.1) is 6.61 Å². The van der Waals surface area contributed by atoms with Crippen molar-refractivity contribution in [3.05, 3.63) is 0 Å². The monoisotopic (exact) mass is 213 g/mol. The number of aliphatic hydroxyl groups excluding tert-OH is 1. The van der Waals surface area contributed by atoms with Crippen LogP contribution in [0.15, 0.2) is 0 Å². The van der Waals surface area contributed by atoms with Gasteiger partial charge in [0.15, 0.2) is 0 Å².